The van der Waals surface area contributed by atoms with Crippen molar-refractivity contribution in [3.63, 3.8) is 0 Å². The first-order chi connectivity index (χ1) is 20.5. The smallest absolute Gasteiger partial charge is 0.0722 e. The van der Waals surface area contributed by atoms with Crippen LogP contribution in [0.4, 0.5) is 11.4 Å². The van der Waals surface area contributed by atoms with Crippen molar-refractivity contribution in [1.29, 1.82) is 0 Å². The van der Waals surface area contributed by atoms with E-state index in [9.17, 15) is 0 Å². The number of rotatable bonds is 8. The fourth-order valence-electron chi connectivity index (χ4n) is 4.96. The molecule has 1 aromatic heterocycles. The van der Waals surface area contributed by atoms with Crippen LogP contribution in [0.3, 0.4) is 0 Å². The third-order valence-corrected chi connectivity index (χ3v) is 8.15. The maximum absolute atomic E-state index is 5.12. The number of benzene rings is 4. The third kappa shape index (κ3) is 6.70. The zero-order valence-electron chi connectivity index (χ0n) is 25.6. The second-order valence-corrected chi connectivity index (χ2v) is 10.8. The van der Waals surface area contributed by atoms with E-state index in [1.807, 2.05) is 63.3 Å². The van der Waals surface area contributed by atoms with Gasteiger partial charge in [0.25, 0.3) is 0 Å². The van der Waals surface area contributed by atoms with Gasteiger partial charge in [0.1, 0.15) is 0 Å². The lowest BCUT2D eigenvalue weighted by molar-refractivity contribution is 1.18. The molecule has 3 heteroatoms. The number of hydrogen-bond donors (Lipinski definition) is 0. The molecule has 0 saturated heterocycles. The van der Waals surface area contributed by atoms with Crippen LogP contribution in [0.1, 0.15) is 45.7 Å². The molecule has 0 aliphatic heterocycles. The molecule has 5 aromatic rings. The van der Waals surface area contributed by atoms with E-state index in [4.69, 9.17) is 4.99 Å². The summed E-state index contributed by atoms with van der Waals surface area (Å²) in [4.78, 5) is 7.37. The number of allylic oxidation sites excluding steroid dienone is 4. The summed E-state index contributed by atoms with van der Waals surface area (Å²) in [6, 6.07) is 34.1. The Morgan fingerprint density at radius 2 is 1.48 bits per heavy atom. The Hall–Kier alpha value is -4.47. The van der Waals surface area contributed by atoms with Gasteiger partial charge in [0.15, 0.2) is 0 Å². The summed E-state index contributed by atoms with van der Waals surface area (Å²) in [5.41, 5.74) is 8.16. The average Bonchev–Trinajstić information content (AvgIpc) is 3.40. The van der Waals surface area contributed by atoms with Gasteiger partial charge < -0.3 is 4.90 Å². The number of thiophene rings is 1. The predicted octanol–water partition coefficient (Wildman–Crippen LogP) is 12.0. The van der Waals surface area contributed by atoms with Crippen LogP contribution in [0.2, 0.25) is 0 Å². The first-order valence-corrected chi connectivity index (χ1v) is 15.4. The van der Waals surface area contributed by atoms with E-state index in [1.54, 1.807) is 0 Å². The fraction of sp³-hybridized carbons (Fsp3) is 0.154. The number of aryl methyl sites for hydroxylation is 1. The molecule has 0 spiro atoms. The number of fused-ring (bicyclic) bond motifs is 3. The summed E-state index contributed by atoms with van der Waals surface area (Å²) < 4.78 is 2.58. The summed E-state index contributed by atoms with van der Waals surface area (Å²) in [6.07, 6.45) is 8.35. The number of hydrogen-bond acceptors (Lipinski definition) is 3. The zero-order chi connectivity index (χ0) is 30.1. The first kappa shape index (κ1) is 30.5. The minimum absolute atomic E-state index is 0.844. The van der Waals surface area contributed by atoms with Crippen LogP contribution in [-0.4, -0.2) is 5.71 Å². The van der Waals surface area contributed by atoms with Gasteiger partial charge in [0, 0.05) is 43.0 Å². The van der Waals surface area contributed by atoms with Gasteiger partial charge >= 0.3 is 0 Å². The largest absolute Gasteiger partial charge is 0.311 e. The van der Waals surface area contributed by atoms with Crippen LogP contribution >= 0.6 is 11.3 Å². The molecule has 42 heavy (non-hydrogen) atoms. The highest BCUT2D eigenvalue weighted by Crippen LogP contribution is 2.39. The van der Waals surface area contributed by atoms with Gasteiger partial charge in [-0.25, -0.2) is 0 Å². The summed E-state index contributed by atoms with van der Waals surface area (Å²) in [7, 11) is 0. The third-order valence-electron chi connectivity index (χ3n) is 7.00. The molecule has 0 unspecified atom stereocenters. The predicted molar refractivity (Wildman–Crippen MR) is 188 cm³/mol. The van der Waals surface area contributed by atoms with E-state index in [0.717, 1.165) is 39.6 Å². The maximum Gasteiger partial charge on any atom is 0.0722 e. The number of anilines is 2. The highest BCUT2D eigenvalue weighted by atomic mass is 32.1. The topological polar surface area (TPSA) is 15.6 Å². The molecule has 0 amide bonds. The van der Waals surface area contributed by atoms with Crippen LogP contribution < -0.4 is 4.90 Å². The van der Waals surface area contributed by atoms with Crippen molar-refractivity contribution in [2.45, 2.75) is 41.5 Å². The fourth-order valence-corrected chi connectivity index (χ4v) is 6.05. The quantitative estimate of drug-likeness (QED) is 0.134. The van der Waals surface area contributed by atoms with Crippen LogP contribution in [0.5, 0.6) is 0 Å². The average molecular weight is 569 g/mol. The molecule has 2 nitrogen and oxygen atoms in total. The Kier molecular flexibility index (Phi) is 10.5. The summed E-state index contributed by atoms with van der Waals surface area (Å²) >= 11 is 1.83. The molecule has 0 N–H and O–H groups in total. The lowest BCUT2D eigenvalue weighted by Crippen LogP contribution is -2.16. The Bertz CT molecular complexity index is 1800. The summed E-state index contributed by atoms with van der Waals surface area (Å²) in [6.45, 7) is 16.9. The molecule has 0 atom stereocenters. The lowest BCUT2D eigenvalue weighted by Gasteiger charge is -2.28. The highest BCUT2D eigenvalue weighted by molar-refractivity contribution is 7.25. The van der Waals surface area contributed by atoms with Crippen molar-refractivity contribution in [1.82, 2.24) is 0 Å². The minimum Gasteiger partial charge on any atom is -0.311 e. The second-order valence-electron chi connectivity index (χ2n) is 9.73. The van der Waals surface area contributed by atoms with Gasteiger partial charge in [-0.15, -0.1) is 11.3 Å². The van der Waals surface area contributed by atoms with Crippen LogP contribution in [0.15, 0.2) is 150 Å². The normalized spacial score (nSPS) is 12.5. The van der Waals surface area contributed by atoms with E-state index >= 15 is 0 Å². The minimum atomic E-state index is 0.844. The molecule has 0 aliphatic carbocycles. The van der Waals surface area contributed by atoms with Gasteiger partial charge in [-0.1, -0.05) is 105 Å². The second kappa shape index (κ2) is 14.4. The van der Waals surface area contributed by atoms with Gasteiger partial charge in [-0.2, -0.15) is 0 Å². The Balaban J connectivity index is 0.00000198. The van der Waals surface area contributed by atoms with Crippen molar-refractivity contribution in [3.05, 3.63) is 156 Å². The van der Waals surface area contributed by atoms with Gasteiger partial charge in [-0.05, 0) is 80.8 Å². The zero-order valence-corrected chi connectivity index (χ0v) is 26.4. The Labute approximate surface area is 255 Å². The van der Waals surface area contributed by atoms with Crippen molar-refractivity contribution < 1.29 is 0 Å². The van der Waals surface area contributed by atoms with Crippen LogP contribution in [0, 0.1) is 6.92 Å². The van der Waals surface area contributed by atoms with E-state index < -0.39 is 0 Å². The molecule has 212 valence electrons. The Morgan fingerprint density at radius 1 is 0.810 bits per heavy atom. The van der Waals surface area contributed by atoms with E-state index in [-0.39, 0.29) is 0 Å². The van der Waals surface area contributed by atoms with E-state index in [1.165, 1.54) is 25.7 Å². The van der Waals surface area contributed by atoms with Crippen molar-refractivity contribution in [3.8, 4) is 0 Å². The van der Waals surface area contributed by atoms with Gasteiger partial charge in [0.05, 0.1) is 5.70 Å². The molecular formula is C39H40N2S. The monoisotopic (exact) mass is 568 g/mol. The standard InChI is InChI=1S/C37H34N2S.C2H6/c1-6-15-29(7-2)34(38-28(5)30-17-9-8-10-18-30)24-27(4)39(35-20-13-11-16-26(35)3)31-22-23-37-33(25-31)32-19-12-14-21-36(32)40-37;1-2/h6-25H,4H2,1-3,5H3;1-2H3/b15-6-,29-7+,34-24-,38-28?;. The van der Waals surface area contributed by atoms with Crippen molar-refractivity contribution in [2.24, 2.45) is 4.99 Å². The molecule has 1 heterocycles. The number of nitrogens with zero attached hydrogens (tertiary/aromatic N) is 2. The molecule has 0 saturated carbocycles. The van der Waals surface area contributed by atoms with Crippen molar-refractivity contribution in [2.75, 3.05) is 4.90 Å². The van der Waals surface area contributed by atoms with Gasteiger partial charge in [-0.3, -0.25) is 4.99 Å². The van der Waals surface area contributed by atoms with Crippen LogP contribution in [-0.2, 0) is 0 Å². The Morgan fingerprint density at radius 3 is 2.19 bits per heavy atom. The molecular weight excluding hydrogens is 529 g/mol. The molecule has 0 fully saturated rings. The SMILES string of the molecule is C=C(/C=C(N=C(C)c1ccccc1)/C(/C=C\C)=C/C)N(c1ccc2sc3ccccc3c2c1)c1ccccc1C.CC. The summed E-state index contributed by atoms with van der Waals surface area (Å²) in [5, 5.41) is 2.54. The lowest BCUT2D eigenvalue weighted by atomic mass is 10.1. The van der Waals surface area contributed by atoms with Gasteiger partial charge in [0.2, 0.25) is 0 Å². The molecule has 0 bridgehead atoms. The van der Waals surface area contributed by atoms with E-state index in [2.05, 4.69) is 122 Å². The molecule has 0 radical (unpaired) electrons. The summed E-state index contributed by atoms with van der Waals surface area (Å²) in [5.74, 6) is 0. The molecule has 4 aromatic carbocycles. The number of aliphatic imine (C=N–C) groups is 1. The maximum atomic E-state index is 5.12. The highest BCUT2D eigenvalue weighted by Gasteiger charge is 2.17. The molecule has 0 aliphatic rings. The van der Waals surface area contributed by atoms with Crippen molar-refractivity contribution >= 4 is 48.6 Å². The molecule has 5 rings (SSSR count). The van der Waals surface area contributed by atoms with Crippen LogP contribution in [0.25, 0.3) is 20.2 Å². The van der Waals surface area contributed by atoms with E-state index in [0.29, 0.717) is 0 Å². The first-order valence-electron chi connectivity index (χ1n) is 14.6. The number of para-hydroxylation sites is 1.